The van der Waals surface area contributed by atoms with Gasteiger partial charge in [0, 0.05) is 36.3 Å². The highest BCUT2D eigenvalue weighted by atomic mass is 32.2. The SMILES string of the molecule is COCCNC(=O)Cn1cc(/C=C2\SC(=O)N(Cc3ccc(F)cc3)C2=O)c2ccccc21. The van der Waals surface area contributed by atoms with E-state index >= 15 is 0 Å². The molecule has 0 saturated carbocycles. The van der Waals surface area contributed by atoms with E-state index in [-0.39, 0.29) is 30.1 Å². The van der Waals surface area contributed by atoms with Gasteiger partial charge in [0.1, 0.15) is 12.4 Å². The van der Waals surface area contributed by atoms with Crippen molar-refractivity contribution in [2.75, 3.05) is 20.3 Å². The largest absolute Gasteiger partial charge is 0.383 e. The smallest absolute Gasteiger partial charge is 0.293 e. The summed E-state index contributed by atoms with van der Waals surface area (Å²) in [5.74, 6) is -0.931. The Bertz CT molecular complexity index is 1240. The van der Waals surface area contributed by atoms with Crippen molar-refractivity contribution in [3.63, 3.8) is 0 Å². The number of aromatic nitrogens is 1. The standard InChI is InChI=1S/C24H22FN3O4S/c1-32-11-10-26-22(29)15-27-14-17(19-4-2-3-5-20(19)27)12-21-23(30)28(24(31)33-21)13-16-6-8-18(25)9-7-16/h2-9,12,14H,10-11,13,15H2,1H3,(H,26,29)/b21-12-. The molecule has 1 saturated heterocycles. The quantitative estimate of drug-likeness (QED) is 0.403. The monoisotopic (exact) mass is 467 g/mol. The fraction of sp³-hybridized carbons (Fsp3) is 0.208. The number of hydrogen-bond acceptors (Lipinski definition) is 5. The number of methoxy groups -OCH3 is 1. The molecule has 0 radical (unpaired) electrons. The van der Waals surface area contributed by atoms with E-state index in [1.54, 1.807) is 31.5 Å². The van der Waals surface area contributed by atoms with E-state index < -0.39 is 5.91 Å². The number of nitrogens with zero attached hydrogens (tertiary/aromatic N) is 2. The van der Waals surface area contributed by atoms with Crippen LogP contribution in [0.15, 0.2) is 59.6 Å². The average Bonchev–Trinajstić information content (AvgIpc) is 3.27. The third kappa shape index (κ3) is 5.15. The predicted octanol–water partition coefficient (Wildman–Crippen LogP) is 3.78. The molecule has 0 aliphatic carbocycles. The number of carbonyl (C=O) groups excluding carboxylic acids is 3. The molecule has 170 valence electrons. The van der Waals surface area contributed by atoms with Gasteiger partial charge in [0.15, 0.2) is 0 Å². The lowest BCUT2D eigenvalue weighted by Gasteiger charge is -2.12. The second-order valence-electron chi connectivity index (χ2n) is 7.47. The van der Waals surface area contributed by atoms with Crippen LogP contribution < -0.4 is 5.32 Å². The molecule has 1 N–H and O–H groups in total. The lowest BCUT2D eigenvalue weighted by Crippen LogP contribution is -2.30. The van der Waals surface area contributed by atoms with Gasteiger partial charge in [0.2, 0.25) is 5.91 Å². The molecule has 1 aromatic heterocycles. The first-order valence-electron chi connectivity index (χ1n) is 10.3. The number of imide groups is 1. The number of nitrogens with one attached hydrogen (secondary N) is 1. The van der Waals surface area contributed by atoms with Crippen LogP contribution >= 0.6 is 11.8 Å². The molecule has 2 heterocycles. The first-order chi connectivity index (χ1) is 16.0. The number of ether oxygens (including phenoxy) is 1. The fourth-order valence-corrected chi connectivity index (χ4v) is 4.40. The topological polar surface area (TPSA) is 80.6 Å². The fourth-order valence-electron chi connectivity index (χ4n) is 3.57. The van der Waals surface area contributed by atoms with Crippen LogP contribution in [0.4, 0.5) is 9.18 Å². The Hall–Kier alpha value is -3.43. The third-order valence-electron chi connectivity index (χ3n) is 5.18. The summed E-state index contributed by atoms with van der Waals surface area (Å²) in [4.78, 5) is 39.1. The van der Waals surface area contributed by atoms with Gasteiger partial charge in [0.25, 0.3) is 11.1 Å². The van der Waals surface area contributed by atoms with Crippen molar-refractivity contribution in [3.8, 4) is 0 Å². The van der Waals surface area contributed by atoms with Crippen molar-refractivity contribution in [2.24, 2.45) is 0 Å². The van der Waals surface area contributed by atoms with E-state index in [0.29, 0.717) is 23.6 Å². The van der Waals surface area contributed by atoms with Crippen LogP contribution in [-0.2, 0) is 27.4 Å². The van der Waals surface area contributed by atoms with Gasteiger partial charge in [-0.2, -0.15) is 0 Å². The molecule has 0 spiro atoms. The van der Waals surface area contributed by atoms with E-state index in [0.717, 1.165) is 33.1 Å². The van der Waals surface area contributed by atoms with Gasteiger partial charge < -0.3 is 14.6 Å². The van der Waals surface area contributed by atoms with E-state index in [1.165, 1.54) is 12.1 Å². The lowest BCUT2D eigenvalue weighted by atomic mass is 10.1. The number of hydrogen-bond donors (Lipinski definition) is 1. The average molecular weight is 468 g/mol. The van der Waals surface area contributed by atoms with Crippen molar-refractivity contribution in [2.45, 2.75) is 13.1 Å². The van der Waals surface area contributed by atoms with Crippen molar-refractivity contribution in [1.82, 2.24) is 14.8 Å². The molecule has 9 heteroatoms. The zero-order chi connectivity index (χ0) is 23.4. The van der Waals surface area contributed by atoms with Gasteiger partial charge in [-0.3, -0.25) is 19.3 Å². The molecule has 3 amide bonds. The maximum atomic E-state index is 13.2. The molecule has 1 fully saturated rings. The van der Waals surface area contributed by atoms with Crippen LogP contribution in [0.2, 0.25) is 0 Å². The van der Waals surface area contributed by atoms with Crippen molar-refractivity contribution >= 4 is 45.8 Å². The van der Waals surface area contributed by atoms with Crippen molar-refractivity contribution in [3.05, 3.63) is 76.6 Å². The first-order valence-corrected chi connectivity index (χ1v) is 11.1. The van der Waals surface area contributed by atoms with Gasteiger partial charge in [0.05, 0.1) is 18.1 Å². The summed E-state index contributed by atoms with van der Waals surface area (Å²) < 4.78 is 19.9. The van der Waals surface area contributed by atoms with E-state index in [4.69, 9.17) is 4.74 Å². The highest BCUT2D eigenvalue weighted by molar-refractivity contribution is 8.18. The molecule has 33 heavy (non-hydrogen) atoms. The zero-order valence-corrected chi connectivity index (χ0v) is 18.7. The number of rotatable bonds is 8. The normalized spacial score (nSPS) is 15.1. The van der Waals surface area contributed by atoms with Gasteiger partial charge in [-0.25, -0.2) is 4.39 Å². The minimum Gasteiger partial charge on any atom is -0.383 e. The third-order valence-corrected chi connectivity index (χ3v) is 6.08. The molecule has 0 bridgehead atoms. The van der Waals surface area contributed by atoms with Crippen molar-refractivity contribution in [1.29, 1.82) is 0 Å². The summed E-state index contributed by atoms with van der Waals surface area (Å²) in [6, 6.07) is 13.2. The Balaban J connectivity index is 1.57. The number of carbonyl (C=O) groups is 3. The van der Waals surface area contributed by atoms with E-state index in [9.17, 15) is 18.8 Å². The summed E-state index contributed by atoms with van der Waals surface area (Å²) in [6.07, 6.45) is 3.48. The number of thioether (sulfide) groups is 1. The Morgan fingerprint density at radius 1 is 1.15 bits per heavy atom. The van der Waals surface area contributed by atoms with E-state index in [1.807, 2.05) is 28.8 Å². The van der Waals surface area contributed by atoms with Gasteiger partial charge in [-0.05, 0) is 41.6 Å². The first kappa shape index (κ1) is 22.8. The summed E-state index contributed by atoms with van der Waals surface area (Å²) in [7, 11) is 1.57. The van der Waals surface area contributed by atoms with E-state index in [2.05, 4.69) is 5.32 Å². The molecular formula is C24H22FN3O4S. The summed E-state index contributed by atoms with van der Waals surface area (Å²) in [6.45, 7) is 1.04. The minimum atomic E-state index is -0.400. The second kappa shape index (κ2) is 10.0. The van der Waals surface area contributed by atoms with Crippen LogP contribution in [0.1, 0.15) is 11.1 Å². The zero-order valence-electron chi connectivity index (χ0n) is 17.9. The van der Waals surface area contributed by atoms with Crippen molar-refractivity contribution < 1.29 is 23.5 Å². The van der Waals surface area contributed by atoms with Crippen LogP contribution in [0, 0.1) is 5.82 Å². The maximum Gasteiger partial charge on any atom is 0.293 e. The maximum absolute atomic E-state index is 13.2. The summed E-state index contributed by atoms with van der Waals surface area (Å²) in [5, 5.41) is 3.28. The molecule has 1 aliphatic heterocycles. The molecule has 0 unspecified atom stereocenters. The molecular weight excluding hydrogens is 445 g/mol. The number of benzene rings is 2. The number of halogens is 1. The number of para-hydroxylation sites is 1. The second-order valence-corrected chi connectivity index (χ2v) is 8.46. The highest BCUT2D eigenvalue weighted by Gasteiger charge is 2.35. The Labute approximate surface area is 194 Å². The Kier molecular flexibility index (Phi) is 6.90. The number of amides is 3. The molecule has 3 aromatic rings. The Morgan fingerprint density at radius 3 is 2.67 bits per heavy atom. The van der Waals surface area contributed by atoms with Gasteiger partial charge in [-0.1, -0.05) is 30.3 Å². The Morgan fingerprint density at radius 2 is 1.91 bits per heavy atom. The summed E-state index contributed by atoms with van der Waals surface area (Å²) >= 11 is 0.866. The predicted molar refractivity (Wildman–Crippen MR) is 125 cm³/mol. The number of fused-ring (bicyclic) bond motifs is 1. The lowest BCUT2D eigenvalue weighted by molar-refractivity contribution is -0.123. The highest BCUT2D eigenvalue weighted by Crippen LogP contribution is 2.35. The molecule has 4 rings (SSSR count). The molecule has 2 aromatic carbocycles. The minimum absolute atomic E-state index is 0.0751. The van der Waals surface area contributed by atoms with Crippen LogP contribution in [-0.4, -0.2) is 46.8 Å². The van der Waals surface area contributed by atoms with Crippen LogP contribution in [0.5, 0.6) is 0 Å². The molecule has 1 aliphatic rings. The van der Waals surface area contributed by atoms with Crippen LogP contribution in [0.25, 0.3) is 17.0 Å². The van der Waals surface area contributed by atoms with Gasteiger partial charge in [-0.15, -0.1) is 0 Å². The summed E-state index contributed by atoms with van der Waals surface area (Å²) in [5.41, 5.74) is 2.25. The molecule has 7 nitrogen and oxygen atoms in total. The van der Waals surface area contributed by atoms with Crippen LogP contribution in [0.3, 0.4) is 0 Å². The van der Waals surface area contributed by atoms with Gasteiger partial charge >= 0.3 is 0 Å². The molecule has 0 atom stereocenters.